The van der Waals surface area contributed by atoms with E-state index >= 15 is 0 Å². The minimum Gasteiger partial charge on any atom is -0.326 e. The molecule has 1 amide bonds. The molecule has 1 unspecified atom stereocenters. The second kappa shape index (κ2) is 8.12. The Balaban J connectivity index is 2.50. The monoisotopic (exact) mass is 288 g/mol. The first-order valence-corrected chi connectivity index (χ1v) is 6.97. The van der Waals surface area contributed by atoms with Gasteiger partial charge in [0.2, 0.25) is 5.91 Å². The third kappa shape index (κ3) is 6.02. The van der Waals surface area contributed by atoms with Crippen LogP contribution in [-0.2, 0) is 4.79 Å². The van der Waals surface area contributed by atoms with Crippen molar-refractivity contribution in [3.63, 3.8) is 0 Å². The van der Waals surface area contributed by atoms with Gasteiger partial charge in [-0.05, 0) is 30.8 Å². The van der Waals surface area contributed by atoms with Crippen molar-refractivity contribution in [1.82, 2.24) is 5.32 Å². The van der Waals surface area contributed by atoms with Gasteiger partial charge in [-0.15, -0.1) is 0 Å². The Hall–Kier alpha value is -1.14. The Morgan fingerprint density at radius 1 is 1.32 bits per heavy atom. The maximum absolute atomic E-state index is 12.1. The fraction of sp³-hybridized carbons (Fsp3) is 0.462. The molecule has 2 N–H and O–H groups in total. The smallest absolute Gasteiger partial charge is 0.288 e. The maximum atomic E-state index is 12.1. The summed E-state index contributed by atoms with van der Waals surface area (Å²) >= 11 is 0.487. The van der Waals surface area contributed by atoms with E-state index < -0.39 is 5.76 Å². The van der Waals surface area contributed by atoms with Gasteiger partial charge in [0.05, 0.1) is 0 Å². The number of carbonyl (C=O) groups excluding carboxylic acids is 1. The predicted molar refractivity (Wildman–Crippen MR) is 74.6 cm³/mol. The summed E-state index contributed by atoms with van der Waals surface area (Å²) < 4.78 is 24.3. The zero-order valence-corrected chi connectivity index (χ0v) is 11.8. The molecule has 0 heterocycles. The Morgan fingerprint density at radius 3 is 2.47 bits per heavy atom. The molecule has 19 heavy (non-hydrogen) atoms. The fourth-order valence-corrected chi connectivity index (χ4v) is 1.94. The molecule has 3 nitrogen and oxygen atoms in total. The van der Waals surface area contributed by atoms with Crippen molar-refractivity contribution in [3.05, 3.63) is 24.3 Å². The van der Waals surface area contributed by atoms with Crippen molar-refractivity contribution in [3.8, 4) is 0 Å². The number of benzene rings is 1. The number of hydrogen-bond donors (Lipinski definition) is 2. The van der Waals surface area contributed by atoms with E-state index in [0.717, 1.165) is 6.54 Å². The van der Waals surface area contributed by atoms with E-state index in [2.05, 4.69) is 10.6 Å². The van der Waals surface area contributed by atoms with Gasteiger partial charge in [-0.25, -0.2) is 0 Å². The molecular weight excluding hydrogens is 270 g/mol. The molecule has 0 saturated heterocycles. The normalized spacial score (nSPS) is 12.5. The van der Waals surface area contributed by atoms with Crippen molar-refractivity contribution in [2.75, 3.05) is 18.4 Å². The zero-order chi connectivity index (χ0) is 14.3. The summed E-state index contributed by atoms with van der Waals surface area (Å²) in [5, 5.41) is 5.85. The first-order chi connectivity index (χ1) is 9.02. The lowest BCUT2D eigenvalue weighted by Gasteiger charge is -2.12. The van der Waals surface area contributed by atoms with E-state index in [-0.39, 0.29) is 11.8 Å². The van der Waals surface area contributed by atoms with E-state index in [1.165, 1.54) is 0 Å². The van der Waals surface area contributed by atoms with Gasteiger partial charge >= 0.3 is 0 Å². The van der Waals surface area contributed by atoms with Crippen molar-refractivity contribution in [1.29, 1.82) is 0 Å². The molecule has 0 fully saturated rings. The Kier molecular flexibility index (Phi) is 6.80. The first-order valence-electron chi connectivity index (χ1n) is 6.09. The van der Waals surface area contributed by atoms with Crippen LogP contribution in [0.4, 0.5) is 14.5 Å². The Morgan fingerprint density at radius 2 is 1.95 bits per heavy atom. The van der Waals surface area contributed by atoms with E-state index in [1.54, 1.807) is 24.3 Å². The lowest BCUT2D eigenvalue weighted by Crippen LogP contribution is -2.30. The van der Waals surface area contributed by atoms with Crippen molar-refractivity contribution >= 4 is 23.4 Å². The van der Waals surface area contributed by atoms with Crippen LogP contribution >= 0.6 is 11.8 Å². The van der Waals surface area contributed by atoms with Gasteiger partial charge in [-0.2, -0.15) is 8.78 Å². The first kappa shape index (κ1) is 15.9. The second-order valence-corrected chi connectivity index (χ2v) is 5.16. The highest BCUT2D eigenvalue weighted by Crippen LogP contribution is 2.26. The summed E-state index contributed by atoms with van der Waals surface area (Å²) in [4.78, 5) is 12.3. The molecule has 0 aliphatic heterocycles. The van der Waals surface area contributed by atoms with Gasteiger partial charge in [-0.1, -0.05) is 25.6 Å². The summed E-state index contributed by atoms with van der Waals surface area (Å²) in [6.07, 6.45) is 0. The van der Waals surface area contributed by atoms with Crippen LogP contribution in [0.5, 0.6) is 0 Å². The number of hydrogen-bond acceptors (Lipinski definition) is 3. The molecule has 1 aromatic rings. The minimum atomic E-state index is -2.43. The third-order valence-corrected chi connectivity index (χ3v) is 3.22. The zero-order valence-electron chi connectivity index (χ0n) is 11.0. The maximum Gasteiger partial charge on any atom is 0.288 e. The van der Waals surface area contributed by atoms with E-state index in [1.807, 2.05) is 13.8 Å². The molecule has 0 saturated carbocycles. The number of nitrogens with one attached hydrogen (secondary N) is 2. The molecule has 0 radical (unpaired) electrons. The molecule has 0 aliphatic carbocycles. The van der Waals surface area contributed by atoms with Gasteiger partial charge in [0.25, 0.3) is 5.76 Å². The molecule has 0 bridgehead atoms. The SMILES string of the molecule is CCNCC(C)C(=O)Nc1ccc(SC(F)F)cc1. The minimum absolute atomic E-state index is 0.0878. The summed E-state index contributed by atoms with van der Waals surface area (Å²) in [5.74, 6) is -2.66. The topological polar surface area (TPSA) is 41.1 Å². The van der Waals surface area contributed by atoms with Crippen molar-refractivity contribution in [2.24, 2.45) is 5.92 Å². The van der Waals surface area contributed by atoms with Crippen LogP contribution in [0.25, 0.3) is 0 Å². The molecule has 1 atom stereocenters. The Bertz CT molecular complexity index is 398. The summed E-state index contributed by atoms with van der Waals surface area (Å²) in [5.41, 5.74) is 0.618. The van der Waals surface area contributed by atoms with Crippen LogP contribution < -0.4 is 10.6 Å². The number of halogens is 2. The largest absolute Gasteiger partial charge is 0.326 e. The number of rotatable bonds is 7. The highest BCUT2D eigenvalue weighted by Gasteiger charge is 2.12. The lowest BCUT2D eigenvalue weighted by molar-refractivity contribution is -0.119. The lowest BCUT2D eigenvalue weighted by atomic mass is 10.1. The number of alkyl halides is 2. The van der Waals surface area contributed by atoms with E-state index in [4.69, 9.17) is 0 Å². The van der Waals surface area contributed by atoms with Crippen LogP contribution in [0.1, 0.15) is 13.8 Å². The van der Waals surface area contributed by atoms with Gasteiger partial charge in [0, 0.05) is 23.0 Å². The number of carbonyl (C=O) groups is 1. The molecule has 0 spiro atoms. The van der Waals surface area contributed by atoms with Crippen molar-refractivity contribution in [2.45, 2.75) is 24.5 Å². The average Bonchev–Trinajstić information content (AvgIpc) is 2.37. The van der Waals surface area contributed by atoms with Crippen molar-refractivity contribution < 1.29 is 13.6 Å². The molecule has 1 rings (SSSR count). The Labute approximate surface area is 116 Å². The third-order valence-electron chi connectivity index (χ3n) is 2.50. The van der Waals surface area contributed by atoms with E-state index in [9.17, 15) is 13.6 Å². The quantitative estimate of drug-likeness (QED) is 0.757. The number of thioether (sulfide) groups is 1. The number of amides is 1. The summed E-state index contributed by atoms with van der Waals surface area (Å²) in [6, 6.07) is 6.40. The summed E-state index contributed by atoms with van der Waals surface area (Å²) in [6.45, 7) is 5.24. The van der Waals surface area contributed by atoms with Crippen LogP contribution in [-0.4, -0.2) is 24.8 Å². The average molecular weight is 288 g/mol. The van der Waals surface area contributed by atoms with Crippen LogP contribution in [0, 0.1) is 5.92 Å². The molecule has 1 aromatic carbocycles. The molecule has 6 heteroatoms. The predicted octanol–water partition coefficient (Wildman–Crippen LogP) is 3.19. The van der Waals surface area contributed by atoms with Gasteiger partial charge < -0.3 is 10.6 Å². The van der Waals surface area contributed by atoms with E-state index in [0.29, 0.717) is 28.9 Å². The van der Waals surface area contributed by atoms with Gasteiger partial charge in [-0.3, -0.25) is 4.79 Å². The van der Waals surface area contributed by atoms with Gasteiger partial charge in [0.15, 0.2) is 0 Å². The van der Waals surface area contributed by atoms with Crippen LogP contribution in [0.3, 0.4) is 0 Å². The summed E-state index contributed by atoms with van der Waals surface area (Å²) in [7, 11) is 0. The molecule has 0 aromatic heterocycles. The second-order valence-electron chi connectivity index (χ2n) is 4.10. The molecular formula is C13H18F2N2OS. The van der Waals surface area contributed by atoms with Crippen LogP contribution in [0.15, 0.2) is 29.2 Å². The highest BCUT2D eigenvalue weighted by atomic mass is 32.2. The van der Waals surface area contributed by atoms with Crippen LogP contribution in [0.2, 0.25) is 0 Å². The fourth-order valence-electron chi connectivity index (χ4n) is 1.44. The van der Waals surface area contributed by atoms with Gasteiger partial charge in [0.1, 0.15) is 0 Å². The standard InChI is InChI=1S/C13H18F2N2OS/c1-3-16-8-9(2)12(18)17-10-4-6-11(7-5-10)19-13(14)15/h4-7,9,13,16H,3,8H2,1-2H3,(H,17,18). The molecule has 106 valence electrons. The highest BCUT2D eigenvalue weighted by molar-refractivity contribution is 7.99. The number of anilines is 1. The molecule has 0 aliphatic rings.